The molecule has 16 heavy (non-hydrogen) atoms. The second-order valence-electron chi connectivity index (χ2n) is 5.33. The molecule has 0 saturated carbocycles. The number of aliphatic carboxylic acids is 1. The number of rotatable bonds is 5. The molecule has 2 atom stereocenters. The number of carboxylic acid groups (broad SMARTS) is 1. The molecule has 1 amide bonds. The third-order valence-corrected chi connectivity index (χ3v) is 2.14. The Morgan fingerprint density at radius 2 is 1.88 bits per heavy atom. The molecule has 4 N–H and O–H groups in total. The predicted molar refractivity (Wildman–Crippen MR) is 61.9 cm³/mol. The van der Waals surface area contributed by atoms with E-state index in [4.69, 9.17) is 10.8 Å². The highest BCUT2D eigenvalue weighted by molar-refractivity contribution is 5.81. The largest absolute Gasteiger partial charge is 0.481 e. The maximum atomic E-state index is 11.2. The lowest BCUT2D eigenvalue weighted by Gasteiger charge is -2.23. The maximum absolute atomic E-state index is 11.2. The molecule has 5 heteroatoms. The van der Waals surface area contributed by atoms with Gasteiger partial charge in [-0.2, -0.15) is 0 Å². The molecule has 0 bridgehead atoms. The number of carbonyl (C=O) groups is 2. The fourth-order valence-electron chi connectivity index (χ4n) is 1.37. The van der Waals surface area contributed by atoms with E-state index in [-0.39, 0.29) is 17.9 Å². The van der Waals surface area contributed by atoms with E-state index in [9.17, 15) is 9.59 Å². The number of hydrogen-bond donors (Lipinski definition) is 3. The molecule has 0 spiro atoms. The first-order chi connectivity index (χ1) is 7.13. The first kappa shape index (κ1) is 14.9. The van der Waals surface area contributed by atoms with Crippen LogP contribution in [-0.2, 0) is 9.59 Å². The van der Waals surface area contributed by atoms with Crippen LogP contribution >= 0.6 is 0 Å². The van der Waals surface area contributed by atoms with E-state index in [0.29, 0.717) is 6.42 Å². The van der Waals surface area contributed by atoms with Crippen molar-refractivity contribution in [2.75, 3.05) is 6.54 Å². The number of nitrogens with two attached hydrogens (primary N) is 1. The highest BCUT2D eigenvalue weighted by atomic mass is 16.4. The highest BCUT2D eigenvalue weighted by Gasteiger charge is 2.25. The summed E-state index contributed by atoms with van der Waals surface area (Å²) in [6.45, 7) is 7.60. The standard InChI is InChI=1S/C11H22N2O3/c1-7(12)9(14)13-6-8(10(15)16)5-11(2,3)4/h7-8H,5-6,12H2,1-4H3,(H,13,14)(H,15,16). The molecule has 5 nitrogen and oxygen atoms in total. The van der Waals surface area contributed by atoms with Gasteiger partial charge in [-0.25, -0.2) is 0 Å². The Kier molecular flexibility index (Phi) is 5.44. The van der Waals surface area contributed by atoms with Crippen molar-refractivity contribution in [1.29, 1.82) is 0 Å². The summed E-state index contributed by atoms with van der Waals surface area (Å²) in [6.07, 6.45) is 0.515. The lowest BCUT2D eigenvalue weighted by Crippen LogP contribution is -2.42. The Balaban J connectivity index is 4.26. The van der Waals surface area contributed by atoms with Gasteiger partial charge in [0.2, 0.25) is 5.91 Å². The summed E-state index contributed by atoms with van der Waals surface area (Å²) in [5, 5.41) is 11.5. The van der Waals surface area contributed by atoms with Crippen LogP contribution in [-0.4, -0.2) is 29.6 Å². The molecule has 0 rings (SSSR count). The molecule has 0 aliphatic rings. The van der Waals surface area contributed by atoms with Crippen molar-refractivity contribution >= 4 is 11.9 Å². The van der Waals surface area contributed by atoms with Gasteiger partial charge >= 0.3 is 5.97 Å². The summed E-state index contributed by atoms with van der Waals surface area (Å²) < 4.78 is 0. The second-order valence-corrected chi connectivity index (χ2v) is 5.33. The summed E-state index contributed by atoms with van der Waals surface area (Å²) in [7, 11) is 0. The minimum absolute atomic E-state index is 0.0812. The molecule has 0 aromatic carbocycles. The molecular formula is C11H22N2O3. The monoisotopic (exact) mass is 230 g/mol. The fourth-order valence-corrected chi connectivity index (χ4v) is 1.37. The van der Waals surface area contributed by atoms with Gasteiger partial charge in [-0.3, -0.25) is 9.59 Å². The van der Waals surface area contributed by atoms with E-state index in [1.54, 1.807) is 6.92 Å². The first-order valence-electron chi connectivity index (χ1n) is 5.39. The minimum Gasteiger partial charge on any atom is -0.481 e. The van der Waals surface area contributed by atoms with Crippen LogP contribution in [0.25, 0.3) is 0 Å². The summed E-state index contributed by atoms with van der Waals surface area (Å²) >= 11 is 0. The van der Waals surface area contributed by atoms with E-state index >= 15 is 0 Å². The number of nitrogens with one attached hydrogen (secondary N) is 1. The molecule has 0 heterocycles. The number of amides is 1. The molecule has 0 aliphatic carbocycles. The third-order valence-electron chi connectivity index (χ3n) is 2.14. The second kappa shape index (κ2) is 5.84. The Morgan fingerprint density at radius 1 is 1.38 bits per heavy atom. The molecule has 0 aromatic rings. The van der Waals surface area contributed by atoms with Gasteiger partial charge < -0.3 is 16.2 Å². The minimum atomic E-state index is -0.889. The number of hydrogen-bond acceptors (Lipinski definition) is 3. The number of carbonyl (C=O) groups excluding carboxylic acids is 1. The van der Waals surface area contributed by atoms with Crippen LogP contribution in [0, 0.1) is 11.3 Å². The Labute approximate surface area is 96.4 Å². The van der Waals surface area contributed by atoms with E-state index < -0.39 is 17.9 Å². The van der Waals surface area contributed by atoms with E-state index in [1.807, 2.05) is 20.8 Å². The zero-order valence-electron chi connectivity index (χ0n) is 10.4. The zero-order chi connectivity index (χ0) is 12.9. The van der Waals surface area contributed by atoms with Gasteiger partial charge in [-0.15, -0.1) is 0 Å². The Bertz CT molecular complexity index is 256. The van der Waals surface area contributed by atoms with Crippen LogP contribution in [0.15, 0.2) is 0 Å². The molecular weight excluding hydrogens is 208 g/mol. The molecule has 0 fully saturated rings. The molecule has 0 radical (unpaired) electrons. The average molecular weight is 230 g/mol. The van der Waals surface area contributed by atoms with E-state index in [1.165, 1.54) is 0 Å². The van der Waals surface area contributed by atoms with Crippen molar-refractivity contribution in [3.63, 3.8) is 0 Å². The smallest absolute Gasteiger partial charge is 0.308 e. The van der Waals surface area contributed by atoms with Gasteiger partial charge in [-0.05, 0) is 18.8 Å². The lowest BCUT2D eigenvalue weighted by atomic mass is 9.84. The molecule has 0 aromatic heterocycles. The third kappa shape index (κ3) is 6.40. The van der Waals surface area contributed by atoms with Crippen molar-refractivity contribution in [1.82, 2.24) is 5.32 Å². The van der Waals surface area contributed by atoms with Crippen LogP contribution in [0.2, 0.25) is 0 Å². The molecule has 0 saturated heterocycles. The van der Waals surface area contributed by atoms with Crippen molar-refractivity contribution in [2.24, 2.45) is 17.1 Å². The highest BCUT2D eigenvalue weighted by Crippen LogP contribution is 2.24. The molecule has 2 unspecified atom stereocenters. The van der Waals surface area contributed by atoms with Crippen molar-refractivity contribution in [2.45, 2.75) is 40.2 Å². The summed E-state index contributed by atoms with van der Waals surface area (Å²) in [5.41, 5.74) is 5.28. The topological polar surface area (TPSA) is 92.4 Å². The van der Waals surface area contributed by atoms with Gasteiger partial charge in [-0.1, -0.05) is 20.8 Å². The zero-order valence-corrected chi connectivity index (χ0v) is 10.4. The van der Waals surface area contributed by atoms with Gasteiger partial charge in [0, 0.05) is 6.54 Å². The maximum Gasteiger partial charge on any atom is 0.308 e. The van der Waals surface area contributed by atoms with Crippen molar-refractivity contribution in [3.8, 4) is 0 Å². The van der Waals surface area contributed by atoms with Gasteiger partial charge in [0.25, 0.3) is 0 Å². The van der Waals surface area contributed by atoms with E-state index in [0.717, 1.165) is 0 Å². The van der Waals surface area contributed by atoms with Gasteiger partial charge in [0.1, 0.15) is 0 Å². The summed E-state index contributed by atoms with van der Waals surface area (Å²) in [4.78, 5) is 22.2. The van der Waals surface area contributed by atoms with Crippen LogP contribution in [0.1, 0.15) is 34.1 Å². The normalized spacial score (nSPS) is 15.3. The van der Waals surface area contributed by atoms with Gasteiger partial charge in [0.05, 0.1) is 12.0 Å². The fraction of sp³-hybridized carbons (Fsp3) is 0.818. The first-order valence-corrected chi connectivity index (χ1v) is 5.39. The van der Waals surface area contributed by atoms with Crippen LogP contribution in [0.3, 0.4) is 0 Å². The SMILES string of the molecule is CC(N)C(=O)NCC(CC(C)(C)C)C(=O)O. The van der Waals surface area contributed by atoms with Gasteiger partial charge in [0.15, 0.2) is 0 Å². The Hall–Kier alpha value is -1.10. The van der Waals surface area contributed by atoms with Crippen LogP contribution in [0.4, 0.5) is 0 Å². The summed E-state index contributed by atoms with van der Waals surface area (Å²) in [5.74, 6) is -1.78. The summed E-state index contributed by atoms with van der Waals surface area (Å²) in [6, 6.07) is -0.607. The Morgan fingerprint density at radius 3 is 2.19 bits per heavy atom. The number of carboxylic acids is 1. The van der Waals surface area contributed by atoms with Crippen LogP contribution < -0.4 is 11.1 Å². The van der Waals surface area contributed by atoms with E-state index in [2.05, 4.69) is 5.32 Å². The lowest BCUT2D eigenvalue weighted by molar-refractivity contribution is -0.142. The molecule has 0 aliphatic heterocycles. The average Bonchev–Trinajstić information content (AvgIpc) is 2.09. The van der Waals surface area contributed by atoms with Crippen molar-refractivity contribution in [3.05, 3.63) is 0 Å². The molecule has 94 valence electrons. The predicted octanol–water partition coefficient (Wildman–Crippen LogP) is 0.587. The quantitative estimate of drug-likeness (QED) is 0.644. The van der Waals surface area contributed by atoms with Crippen LogP contribution in [0.5, 0.6) is 0 Å². The van der Waals surface area contributed by atoms with Crippen molar-refractivity contribution < 1.29 is 14.7 Å².